The lowest BCUT2D eigenvalue weighted by Crippen LogP contribution is -2.41. The fourth-order valence-corrected chi connectivity index (χ4v) is 3.07. The lowest BCUT2D eigenvalue weighted by atomic mass is 10.1. The molecule has 3 rings (SSSR count). The number of nitrogens with one attached hydrogen (secondary N) is 1. The van der Waals surface area contributed by atoms with Crippen molar-refractivity contribution in [3.05, 3.63) is 53.9 Å². The Kier molecular flexibility index (Phi) is 4.66. The van der Waals surface area contributed by atoms with Crippen LogP contribution in [0.2, 0.25) is 0 Å². The first kappa shape index (κ1) is 16.3. The molecule has 2 aromatic rings. The van der Waals surface area contributed by atoms with E-state index < -0.39 is 5.97 Å². The number of esters is 1. The Labute approximate surface area is 141 Å². The molecule has 1 N–H and O–H groups in total. The van der Waals surface area contributed by atoms with Crippen molar-refractivity contribution in [3.8, 4) is 0 Å². The van der Waals surface area contributed by atoms with Gasteiger partial charge in [-0.2, -0.15) is 0 Å². The molecule has 1 atom stereocenters. The molecule has 1 aliphatic heterocycles. The SMILES string of the molecule is COC(=O)c1cccc(NC(=O)CN2CCn3cccc3C2C)c1. The summed E-state index contributed by atoms with van der Waals surface area (Å²) in [6, 6.07) is 11.1. The summed E-state index contributed by atoms with van der Waals surface area (Å²) in [7, 11) is 1.33. The molecule has 6 nitrogen and oxygen atoms in total. The summed E-state index contributed by atoms with van der Waals surface area (Å²) >= 11 is 0. The van der Waals surface area contributed by atoms with E-state index in [2.05, 4.69) is 34.0 Å². The van der Waals surface area contributed by atoms with Crippen molar-refractivity contribution in [1.82, 2.24) is 9.47 Å². The Morgan fingerprint density at radius 1 is 1.25 bits per heavy atom. The van der Waals surface area contributed by atoms with Gasteiger partial charge in [0, 0.05) is 36.7 Å². The van der Waals surface area contributed by atoms with Gasteiger partial charge in [-0.3, -0.25) is 9.69 Å². The smallest absolute Gasteiger partial charge is 0.337 e. The number of ether oxygens (including phenoxy) is 1. The molecule has 2 heterocycles. The van der Waals surface area contributed by atoms with Crippen LogP contribution in [0.25, 0.3) is 0 Å². The van der Waals surface area contributed by atoms with Crippen LogP contribution in [0.5, 0.6) is 0 Å². The van der Waals surface area contributed by atoms with Gasteiger partial charge in [-0.1, -0.05) is 6.07 Å². The lowest BCUT2D eigenvalue weighted by Gasteiger charge is -2.34. The number of aromatic nitrogens is 1. The lowest BCUT2D eigenvalue weighted by molar-refractivity contribution is -0.118. The molecular formula is C18H21N3O3. The molecule has 6 heteroatoms. The number of hydrogen-bond acceptors (Lipinski definition) is 4. The molecule has 0 aliphatic carbocycles. The summed E-state index contributed by atoms with van der Waals surface area (Å²) in [4.78, 5) is 26.1. The van der Waals surface area contributed by atoms with Crippen LogP contribution < -0.4 is 5.32 Å². The highest BCUT2D eigenvalue weighted by Gasteiger charge is 2.25. The van der Waals surface area contributed by atoms with Crippen molar-refractivity contribution in [2.75, 3.05) is 25.5 Å². The molecule has 0 saturated heterocycles. The van der Waals surface area contributed by atoms with E-state index in [0.717, 1.165) is 13.1 Å². The van der Waals surface area contributed by atoms with Crippen molar-refractivity contribution in [1.29, 1.82) is 0 Å². The Morgan fingerprint density at radius 2 is 2.08 bits per heavy atom. The topological polar surface area (TPSA) is 63.6 Å². The zero-order valence-corrected chi connectivity index (χ0v) is 13.9. The Balaban J connectivity index is 1.63. The Hall–Kier alpha value is -2.60. The highest BCUT2D eigenvalue weighted by molar-refractivity contribution is 5.95. The van der Waals surface area contributed by atoms with Gasteiger partial charge in [0.2, 0.25) is 5.91 Å². The van der Waals surface area contributed by atoms with Crippen LogP contribution in [0, 0.1) is 0 Å². The minimum Gasteiger partial charge on any atom is -0.465 e. The Bertz CT molecular complexity index is 753. The molecule has 0 saturated carbocycles. The molecule has 1 amide bonds. The van der Waals surface area contributed by atoms with Gasteiger partial charge in [0.25, 0.3) is 0 Å². The third-order valence-electron chi connectivity index (χ3n) is 4.38. The summed E-state index contributed by atoms with van der Waals surface area (Å²) in [6.45, 7) is 4.14. The van der Waals surface area contributed by atoms with E-state index >= 15 is 0 Å². The maximum atomic E-state index is 12.4. The van der Waals surface area contributed by atoms with Crippen molar-refractivity contribution in [2.45, 2.75) is 19.5 Å². The van der Waals surface area contributed by atoms with Gasteiger partial charge in [-0.25, -0.2) is 4.79 Å². The van der Waals surface area contributed by atoms with Gasteiger partial charge in [-0.15, -0.1) is 0 Å². The third kappa shape index (κ3) is 3.33. The van der Waals surface area contributed by atoms with Gasteiger partial charge in [0.15, 0.2) is 0 Å². The number of benzene rings is 1. The number of amides is 1. The summed E-state index contributed by atoms with van der Waals surface area (Å²) in [6.07, 6.45) is 2.07. The van der Waals surface area contributed by atoms with Gasteiger partial charge < -0.3 is 14.6 Å². The van der Waals surface area contributed by atoms with E-state index in [-0.39, 0.29) is 11.9 Å². The third-order valence-corrected chi connectivity index (χ3v) is 4.38. The number of rotatable bonds is 4. The van der Waals surface area contributed by atoms with Crippen molar-refractivity contribution in [2.24, 2.45) is 0 Å². The first-order chi connectivity index (χ1) is 11.6. The van der Waals surface area contributed by atoms with Crippen LogP contribution in [-0.4, -0.2) is 41.5 Å². The summed E-state index contributed by atoms with van der Waals surface area (Å²) in [5.74, 6) is -0.514. The Morgan fingerprint density at radius 3 is 2.88 bits per heavy atom. The number of nitrogens with zero attached hydrogens (tertiary/aromatic N) is 2. The molecule has 0 spiro atoms. The van der Waals surface area contributed by atoms with Crippen molar-refractivity contribution < 1.29 is 14.3 Å². The van der Waals surface area contributed by atoms with Gasteiger partial charge in [0.1, 0.15) is 0 Å². The average molecular weight is 327 g/mol. The van der Waals surface area contributed by atoms with Crippen LogP contribution in [0.1, 0.15) is 29.0 Å². The first-order valence-corrected chi connectivity index (χ1v) is 7.96. The second kappa shape index (κ2) is 6.88. The van der Waals surface area contributed by atoms with E-state index in [1.165, 1.54) is 12.8 Å². The van der Waals surface area contributed by atoms with Crippen LogP contribution in [0.15, 0.2) is 42.6 Å². The summed E-state index contributed by atoms with van der Waals surface area (Å²) < 4.78 is 6.92. The average Bonchev–Trinajstić information content (AvgIpc) is 3.06. The van der Waals surface area contributed by atoms with E-state index in [1.807, 2.05) is 6.07 Å². The summed E-state index contributed by atoms with van der Waals surface area (Å²) in [5.41, 5.74) is 2.23. The van der Waals surface area contributed by atoms with Crippen molar-refractivity contribution in [3.63, 3.8) is 0 Å². The normalized spacial score (nSPS) is 17.2. The molecule has 1 aliphatic rings. The second-order valence-electron chi connectivity index (χ2n) is 5.89. The molecule has 0 bridgehead atoms. The molecule has 1 unspecified atom stereocenters. The second-order valence-corrected chi connectivity index (χ2v) is 5.89. The molecule has 0 fully saturated rings. The van der Waals surface area contributed by atoms with Gasteiger partial charge >= 0.3 is 5.97 Å². The zero-order valence-electron chi connectivity index (χ0n) is 13.9. The first-order valence-electron chi connectivity index (χ1n) is 7.96. The van der Waals surface area contributed by atoms with Gasteiger partial charge in [0.05, 0.1) is 19.2 Å². The fraction of sp³-hybridized carbons (Fsp3) is 0.333. The largest absolute Gasteiger partial charge is 0.465 e. The highest BCUT2D eigenvalue weighted by atomic mass is 16.5. The molecule has 1 aromatic heterocycles. The molecule has 126 valence electrons. The number of methoxy groups -OCH3 is 1. The molecular weight excluding hydrogens is 306 g/mol. The standard InChI is InChI=1S/C18H21N3O3/c1-13-16-7-4-8-20(16)9-10-21(13)12-17(22)19-15-6-3-5-14(11-15)18(23)24-2/h3-8,11,13H,9-10,12H2,1-2H3,(H,19,22). The van der Waals surface area contributed by atoms with Crippen LogP contribution >= 0.6 is 0 Å². The molecule has 1 aromatic carbocycles. The minimum atomic E-state index is -0.420. The van der Waals surface area contributed by atoms with E-state index in [4.69, 9.17) is 4.74 Å². The molecule has 24 heavy (non-hydrogen) atoms. The maximum Gasteiger partial charge on any atom is 0.337 e. The fourth-order valence-electron chi connectivity index (χ4n) is 3.07. The van der Waals surface area contributed by atoms with Crippen LogP contribution in [0.3, 0.4) is 0 Å². The van der Waals surface area contributed by atoms with E-state index in [1.54, 1.807) is 24.3 Å². The quantitative estimate of drug-likeness (QED) is 0.875. The van der Waals surface area contributed by atoms with Crippen LogP contribution in [-0.2, 0) is 16.1 Å². The number of carbonyl (C=O) groups excluding carboxylic acids is 2. The maximum absolute atomic E-state index is 12.4. The predicted molar refractivity (Wildman–Crippen MR) is 90.8 cm³/mol. The minimum absolute atomic E-state index is 0.0936. The predicted octanol–water partition coefficient (Wildman–Crippen LogP) is 2.29. The molecule has 0 radical (unpaired) electrons. The zero-order chi connectivity index (χ0) is 17.1. The van der Waals surface area contributed by atoms with Crippen molar-refractivity contribution >= 4 is 17.6 Å². The van der Waals surface area contributed by atoms with Crippen LogP contribution in [0.4, 0.5) is 5.69 Å². The van der Waals surface area contributed by atoms with E-state index in [0.29, 0.717) is 17.8 Å². The number of carbonyl (C=O) groups is 2. The highest BCUT2D eigenvalue weighted by Crippen LogP contribution is 2.24. The summed E-state index contributed by atoms with van der Waals surface area (Å²) in [5, 5.41) is 2.85. The van der Waals surface area contributed by atoms with E-state index in [9.17, 15) is 9.59 Å². The number of fused-ring (bicyclic) bond motifs is 1. The number of anilines is 1. The monoisotopic (exact) mass is 327 g/mol. The van der Waals surface area contributed by atoms with Gasteiger partial charge in [-0.05, 0) is 37.3 Å². The number of hydrogen-bond donors (Lipinski definition) is 1.